The van der Waals surface area contributed by atoms with Crippen molar-refractivity contribution in [3.63, 3.8) is 0 Å². The van der Waals surface area contributed by atoms with E-state index >= 15 is 0 Å². The average Bonchev–Trinajstić information content (AvgIpc) is 3.27. The summed E-state index contributed by atoms with van der Waals surface area (Å²) in [5.41, 5.74) is 5.31. The van der Waals surface area contributed by atoms with Crippen LogP contribution in [0.3, 0.4) is 0 Å². The lowest BCUT2D eigenvalue weighted by Gasteiger charge is -2.05. The first-order chi connectivity index (χ1) is 15.8. The van der Waals surface area contributed by atoms with Crippen LogP contribution in [0.1, 0.15) is 18.4 Å². The van der Waals surface area contributed by atoms with Gasteiger partial charge >= 0.3 is 0 Å². The number of H-pyrrole nitrogens is 1. The second-order valence-electron chi connectivity index (χ2n) is 7.57. The maximum absolute atomic E-state index is 12.0. The molecule has 32 heavy (non-hydrogen) atoms. The van der Waals surface area contributed by atoms with Gasteiger partial charge in [-0.1, -0.05) is 103 Å². The fourth-order valence-corrected chi connectivity index (χ4v) is 4.38. The number of imidazole rings is 1. The summed E-state index contributed by atoms with van der Waals surface area (Å²) < 4.78 is 0. The number of thioether (sulfide) groups is 1. The van der Waals surface area contributed by atoms with E-state index in [4.69, 9.17) is 4.98 Å². The first kappa shape index (κ1) is 21.9. The van der Waals surface area contributed by atoms with Crippen LogP contribution in [0.25, 0.3) is 22.5 Å². The lowest BCUT2D eigenvalue weighted by molar-refractivity contribution is -0.120. The largest absolute Gasteiger partial charge is 0.356 e. The number of benzene rings is 3. The molecule has 0 spiro atoms. The van der Waals surface area contributed by atoms with Gasteiger partial charge in [-0.2, -0.15) is 0 Å². The molecule has 0 saturated heterocycles. The molecule has 0 radical (unpaired) electrons. The number of nitrogens with one attached hydrogen (secondary N) is 2. The van der Waals surface area contributed by atoms with Gasteiger partial charge in [0.25, 0.3) is 0 Å². The van der Waals surface area contributed by atoms with E-state index in [0.717, 1.165) is 51.8 Å². The molecule has 1 amide bonds. The number of nitrogens with zero attached hydrogens (tertiary/aromatic N) is 1. The molecular weight excluding hydrogens is 414 g/mol. The van der Waals surface area contributed by atoms with Crippen molar-refractivity contribution in [1.29, 1.82) is 0 Å². The Kier molecular flexibility index (Phi) is 7.77. The zero-order valence-electron chi connectivity index (χ0n) is 18.0. The number of hydrogen-bond donors (Lipinski definition) is 2. The zero-order valence-corrected chi connectivity index (χ0v) is 18.8. The van der Waals surface area contributed by atoms with Gasteiger partial charge in [0.2, 0.25) is 5.91 Å². The molecule has 0 atom stereocenters. The fraction of sp³-hybridized carbons (Fsp3) is 0.185. The molecule has 0 aliphatic rings. The summed E-state index contributed by atoms with van der Waals surface area (Å²) in [7, 11) is 0. The molecule has 1 heterocycles. The molecule has 4 nitrogen and oxygen atoms in total. The van der Waals surface area contributed by atoms with Gasteiger partial charge in [-0.3, -0.25) is 4.79 Å². The van der Waals surface area contributed by atoms with Crippen LogP contribution in [-0.2, 0) is 11.2 Å². The number of aromatic nitrogens is 2. The van der Waals surface area contributed by atoms with Gasteiger partial charge in [0, 0.05) is 23.4 Å². The standard InChI is InChI=1S/C27H27N3OS/c31-24(20-21-12-4-1-5-13-21)28-18-10-11-19-32-27-29-25(22-14-6-2-7-15-22)26(30-27)23-16-8-3-9-17-23/h1-9,12-17H,10-11,18-20H2,(H,28,31)(H,29,30). The summed E-state index contributed by atoms with van der Waals surface area (Å²) in [6, 6.07) is 30.4. The molecule has 1 aromatic heterocycles. The van der Waals surface area contributed by atoms with Gasteiger partial charge in [0.05, 0.1) is 17.8 Å². The highest BCUT2D eigenvalue weighted by Crippen LogP contribution is 2.32. The molecule has 162 valence electrons. The highest BCUT2D eigenvalue weighted by atomic mass is 32.2. The maximum Gasteiger partial charge on any atom is 0.224 e. The number of carbonyl (C=O) groups excluding carboxylic acids is 1. The molecule has 4 rings (SSSR count). The van der Waals surface area contributed by atoms with E-state index in [1.165, 1.54) is 0 Å². The summed E-state index contributed by atoms with van der Waals surface area (Å²) >= 11 is 1.73. The van der Waals surface area contributed by atoms with Gasteiger partial charge in [-0.25, -0.2) is 4.98 Å². The topological polar surface area (TPSA) is 57.8 Å². The zero-order chi connectivity index (χ0) is 22.0. The second-order valence-corrected chi connectivity index (χ2v) is 8.65. The lowest BCUT2D eigenvalue weighted by Crippen LogP contribution is -2.26. The van der Waals surface area contributed by atoms with Crippen molar-refractivity contribution in [2.45, 2.75) is 24.4 Å². The van der Waals surface area contributed by atoms with Crippen molar-refractivity contribution in [3.8, 4) is 22.5 Å². The van der Waals surface area contributed by atoms with E-state index in [2.05, 4.69) is 34.6 Å². The van der Waals surface area contributed by atoms with Crippen molar-refractivity contribution >= 4 is 17.7 Å². The van der Waals surface area contributed by atoms with E-state index in [1.807, 2.05) is 66.7 Å². The smallest absolute Gasteiger partial charge is 0.224 e. The first-order valence-corrected chi connectivity index (χ1v) is 11.9. The van der Waals surface area contributed by atoms with Crippen LogP contribution in [0, 0.1) is 0 Å². The van der Waals surface area contributed by atoms with Crippen molar-refractivity contribution in [1.82, 2.24) is 15.3 Å². The van der Waals surface area contributed by atoms with Gasteiger partial charge in [0.1, 0.15) is 0 Å². The number of aromatic amines is 1. The minimum Gasteiger partial charge on any atom is -0.356 e. The molecule has 4 aromatic rings. The number of carbonyl (C=O) groups is 1. The fourth-order valence-electron chi connectivity index (χ4n) is 3.51. The third kappa shape index (κ3) is 6.11. The molecule has 0 aliphatic carbocycles. The second kappa shape index (κ2) is 11.3. The molecule has 0 bridgehead atoms. The van der Waals surface area contributed by atoms with Crippen LogP contribution >= 0.6 is 11.8 Å². The number of hydrogen-bond acceptors (Lipinski definition) is 3. The Bertz CT molecular complexity index is 1050. The van der Waals surface area contributed by atoms with E-state index in [-0.39, 0.29) is 5.91 Å². The maximum atomic E-state index is 12.0. The predicted octanol–water partition coefficient (Wildman–Crippen LogP) is 5.97. The molecule has 3 aromatic carbocycles. The van der Waals surface area contributed by atoms with Crippen molar-refractivity contribution in [2.75, 3.05) is 12.3 Å². The lowest BCUT2D eigenvalue weighted by atomic mass is 10.1. The van der Waals surface area contributed by atoms with E-state index in [1.54, 1.807) is 11.8 Å². The summed E-state index contributed by atoms with van der Waals surface area (Å²) in [6.45, 7) is 0.703. The normalized spacial score (nSPS) is 10.8. The molecule has 5 heteroatoms. The van der Waals surface area contributed by atoms with Crippen LogP contribution in [0.15, 0.2) is 96.2 Å². The Morgan fingerprint density at radius 3 is 2.12 bits per heavy atom. The number of amides is 1. The van der Waals surface area contributed by atoms with Crippen LogP contribution in [0.4, 0.5) is 0 Å². The predicted molar refractivity (Wildman–Crippen MR) is 133 cm³/mol. The quantitative estimate of drug-likeness (QED) is 0.235. The third-order valence-corrected chi connectivity index (χ3v) is 6.09. The molecular formula is C27H27N3OS. The van der Waals surface area contributed by atoms with E-state index in [0.29, 0.717) is 13.0 Å². The summed E-state index contributed by atoms with van der Waals surface area (Å²) in [5, 5.41) is 3.94. The van der Waals surface area contributed by atoms with Gasteiger partial charge in [0.15, 0.2) is 5.16 Å². The Hall–Kier alpha value is -3.31. The van der Waals surface area contributed by atoms with E-state index in [9.17, 15) is 4.79 Å². The summed E-state index contributed by atoms with van der Waals surface area (Å²) in [6.07, 6.45) is 2.40. The minimum absolute atomic E-state index is 0.0786. The van der Waals surface area contributed by atoms with E-state index < -0.39 is 0 Å². The van der Waals surface area contributed by atoms with Crippen molar-refractivity contribution < 1.29 is 4.79 Å². The minimum atomic E-state index is 0.0786. The molecule has 0 unspecified atom stereocenters. The highest BCUT2D eigenvalue weighted by molar-refractivity contribution is 7.99. The number of unbranched alkanes of at least 4 members (excludes halogenated alkanes) is 1. The Balaban J connectivity index is 1.28. The Morgan fingerprint density at radius 1 is 0.812 bits per heavy atom. The molecule has 2 N–H and O–H groups in total. The highest BCUT2D eigenvalue weighted by Gasteiger charge is 2.14. The van der Waals surface area contributed by atoms with Crippen LogP contribution in [0.5, 0.6) is 0 Å². The van der Waals surface area contributed by atoms with Gasteiger partial charge in [-0.05, 0) is 18.4 Å². The summed E-state index contributed by atoms with van der Waals surface area (Å²) in [5.74, 6) is 1.03. The van der Waals surface area contributed by atoms with Crippen LogP contribution in [-0.4, -0.2) is 28.2 Å². The Labute approximate surface area is 193 Å². The summed E-state index contributed by atoms with van der Waals surface area (Å²) in [4.78, 5) is 20.4. The molecule has 0 saturated carbocycles. The van der Waals surface area contributed by atoms with Crippen molar-refractivity contribution in [3.05, 3.63) is 96.6 Å². The van der Waals surface area contributed by atoms with Crippen LogP contribution in [0.2, 0.25) is 0 Å². The average molecular weight is 442 g/mol. The monoisotopic (exact) mass is 441 g/mol. The molecule has 0 aliphatic heterocycles. The van der Waals surface area contributed by atoms with Crippen LogP contribution < -0.4 is 5.32 Å². The van der Waals surface area contributed by atoms with Crippen molar-refractivity contribution in [2.24, 2.45) is 0 Å². The van der Waals surface area contributed by atoms with Gasteiger partial charge < -0.3 is 10.3 Å². The Morgan fingerprint density at radius 2 is 1.44 bits per heavy atom. The van der Waals surface area contributed by atoms with Gasteiger partial charge in [-0.15, -0.1) is 0 Å². The molecule has 0 fully saturated rings. The first-order valence-electron chi connectivity index (χ1n) is 10.9. The number of rotatable bonds is 10. The third-order valence-electron chi connectivity index (χ3n) is 5.13. The SMILES string of the molecule is O=C(Cc1ccccc1)NCCCCSc1nc(-c2ccccc2)c(-c2ccccc2)[nH]1.